The van der Waals surface area contributed by atoms with E-state index in [-0.39, 0.29) is 29.2 Å². The van der Waals surface area contributed by atoms with Gasteiger partial charge in [0.2, 0.25) is 11.8 Å². The van der Waals surface area contributed by atoms with Crippen LogP contribution in [0.2, 0.25) is 0 Å². The zero-order valence-corrected chi connectivity index (χ0v) is 16.5. The lowest BCUT2D eigenvalue weighted by Gasteiger charge is -2.39. The molecule has 1 spiro atoms. The normalized spacial score (nSPS) is 26.4. The number of carbonyl (C=O) groups is 2. The van der Waals surface area contributed by atoms with Crippen LogP contribution in [0.15, 0.2) is 0 Å². The van der Waals surface area contributed by atoms with Gasteiger partial charge in [-0.3, -0.25) is 9.59 Å². The quantitative estimate of drug-likeness (QED) is 0.738. The highest BCUT2D eigenvalue weighted by Crippen LogP contribution is 2.61. The minimum absolute atomic E-state index is 0.0186. The van der Waals surface area contributed by atoms with E-state index in [1.54, 1.807) is 0 Å². The number of amides is 2. The van der Waals surface area contributed by atoms with Gasteiger partial charge in [-0.05, 0) is 55.8 Å². The molecule has 4 nitrogen and oxygen atoms in total. The van der Waals surface area contributed by atoms with Gasteiger partial charge in [0.1, 0.15) is 0 Å². The Hall–Kier alpha value is -1.06. The molecule has 0 aromatic rings. The van der Waals surface area contributed by atoms with Crippen LogP contribution in [0.5, 0.6) is 0 Å². The van der Waals surface area contributed by atoms with Crippen LogP contribution in [-0.2, 0) is 9.59 Å². The van der Waals surface area contributed by atoms with Crippen molar-refractivity contribution in [1.29, 1.82) is 0 Å². The van der Waals surface area contributed by atoms with Gasteiger partial charge in [-0.15, -0.1) is 0 Å². The van der Waals surface area contributed by atoms with E-state index in [0.717, 1.165) is 19.3 Å². The maximum atomic E-state index is 12.8. The Morgan fingerprint density at radius 2 is 1.76 bits per heavy atom. The van der Waals surface area contributed by atoms with Crippen LogP contribution in [0.4, 0.5) is 0 Å². The van der Waals surface area contributed by atoms with E-state index in [0.29, 0.717) is 23.8 Å². The molecule has 3 aliphatic rings. The summed E-state index contributed by atoms with van der Waals surface area (Å²) in [6.45, 7) is 8.90. The first-order valence-corrected chi connectivity index (χ1v) is 10.3. The van der Waals surface area contributed by atoms with Crippen molar-refractivity contribution in [1.82, 2.24) is 10.6 Å². The van der Waals surface area contributed by atoms with Crippen molar-refractivity contribution >= 4 is 11.8 Å². The molecule has 2 unspecified atom stereocenters. The summed E-state index contributed by atoms with van der Waals surface area (Å²) < 4.78 is 0. The number of hydrogen-bond donors (Lipinski definition) is 2. The SMILES string of the molecule is CC(C)C(CNC(=O)C(C)(C)C1CCC1)NC(=O)C1CCCC12CC2. The Labute approximate surface area is 152 Å². The van der Waals surface area contributed by atoms with Crippen LogP contribution >= 0.6 is 0 Å². The first kappa shape index (κ1) is 18.7. The van der Waals surface area contributed by atoms with Crippen LogP contribution < -0.4 is 10.6 Å². The van der Waals surface area contributed by atoms with E-state index < -0.39 is 0 Å². The van der Waals surface area contributed by atoms with Gasteiger partial charge < -0.3 is 10.6 Å². The first-order valence-electron chi connectivity index (χ1n) is 10.3. The molecule has 3 saturated carbocycles. The number of rotatable bonds is 7. The molecule has 0 heterocycles. The first-order chi connectivity index (χ1) is 11.8. The molecule has 0 bridgehead atoms. The lowest BCUT2D eigenvalue weighted by molar-refractivity contribution is -0.134. The van der Waals surface area contributed by atoms with Gasteiger partial charge in [0.05, 0.1) is 0 Å². The Bertz CT molecular complexity index is 518. The van der Waals surface area contributed by atoms with Crippen LogP contribution in [0, 0.1) is 28.6 Å². The predicted octanol–water partition coefficient (Wildman–Crippen LogP) is 3.65. The largest absolute Gasteiger partial charge is 0.354 e. The lowest BCUT2D eigenvalue weighted by Crippen LogP contribution is -2.52. The summed E-state index contributed by atoms with van der Waals surface area (Å²) in [4.78, 5) is 25.5. The maximum absolute atomic E-state index is 12.8. The highest BCUT2D eigenvalue weighted by molar-refractivity contribution is 5.83. The fourth-order valence-electron chi connectivity index (χ4n) is 4.79. The molecule has 0 radical (unpaired) electrons. The van der Waals surface area contributed by atoms with Crippen LogP contribution in [0.25, 0.3) is 0 Å². The summed E-state index contributed by atoms with van der Waals surface area (Å²) in [7, 11) is 0. The van der Waals surface area contributed by atoms with E-state index >= 15 is 0 Å². The van der Waals surface area contributed by atoms with Crippen molar-refractivity contribution in [2.45, 2.75) is 85.1 Å². The fourth-order valence-corrected chi connectivity index (χ4v) is 4.79. The molecule has 3 rings (SSSR count). The molecule has 3 fully saturated rings. The molecule has 3 aliphatic carbocycles. The standard InChI is InChI=1S/C21H36N2O2/c1-14(2)17(13-22-19(25)20(3,4)15-7-5-8-15)23-18(24)16-9-6-10-21(16)11-12-21/h14-17H,5-13H2,1-4H3,(H,22,25)(H,23,24). The van der Waals surface area contributed by atoms with E-state index in [4.69, 9.17) is 0 Å². The molecule has 4 heteroatoms. The van der Waals surface area contributed by atoms with Crippen molar-refractivity contribution in [2.24, 2.45) is 28.6 Å². The summed E-state index contributed by atoms with van der Waals surface area (Å²) in [5, 5.41) is 6.40. The number of nitrogens with one attached hydrogen (secondary N) is 2. The molecule has 2 atom stereocenters. The topological polar surface area (TPSA) is 58.2 Å². The number of carbonyl (C=O) groups excluding carboxylic acids is 2. The Morgan fingerprint density at radius 1 is 1.08 bits per heavy atom. The second-order valence-electron chi connectivity index (χ2n) is 9.73. The van der Waals surface area contributed by atoms with Gasteiger partial charge in [-0.25, -0.2) is 0 Å². The molecule has 0 aliphatic heterocycles. The van der Waals surface area contributed by atoms with Gasteiger partial charge in [-0.2, -0.15) is 0 Å². The summed E-state index contributed by atoms with van der Waals surface area (Å²) in [5.41, 5.74) is 0.0361. The van der Waals surface area contributed by atoms with Gasteiger partial charge in [0.25, 0.3) is 0 Å². The van der Waals surface area contributed by atoms with Gasteiger partial charge in [-0.1, -0.05) is 40.5 Å². The van der Waals surface area contributed by atoms with Crippen molar-refractivity contribution in [2.75, 3.05) is 6.54 Å². The monoisotopic (exact) mass is 348 g/mol. The maximum Gasteiger partial charge on any atom is 0.226 e. The van der Waals surface area contributed by atoms with E-state index in [9.17, 15) is 9.59 Å². The summed E-state index contributed by atoms with van der Waals surface area (Å²) in [6.07, 6.45) is 9.48. The molecular weight excluding hydrogens is 312 g/mol. The minimum atomic E-state index is -0.298. The second kappa shape index (κ2) is 6.92. The average molecular weight is 349 g/mol. The second-order valence-corrected chi connectivity index (χ2v) is 9.73. The van der Waals surface area contributed by atoms with Crippen molar-refractivity contribution in [3.63, 3.8) is 0 Å². The highest BCUT2D eigenvalue weighted by atomic mass is 16.2. The van der Waals surface area contributed by atoms with E-state index in [2.05, 4.69) is 38.3 Å². The highest BCUT2D eigenvalue weighted by Gasteiger charge is 2.54. The van der Waals surface area contributed by atoms with E-state index in [1.165, 1.54) is 32.1 Å². The lowest BCUT2D eigenvalue weighted by atomic mass is 9.67. The van der Waals surface area contributed by atoms with Crippen LogP contribution in [-0.4, -0.2) is 24.4 Å². The van der Waals surface area contributed by atoms with Crippen molar-refractivity contribution < 1.29 is 9.59 Å². The summed E-state index contributed by atoms with van der Waals surface area (Å²) >= 11 is 0. The third-order valence-corrected chi connectivity index (χ3v) is 7.44. The fraction of sp³-hybridized carbons (Fsp3) is 0.905. The minimum Gasteiger partial charge on any atom is -0.354 e. The summed E-state index contributed by atoms with van der Waals surface area (Å²) in [5.74, 6) is 1.38. The third-order valence-electron chi connectivity index (χ3n) is 7.44. The predicted molar refractivity (Wildman–Crippen MR) is 99.9 cm³/mol. The molecule has 0 aromatic carbocycles. The molecule has 2 N–H and O–H groups in total. The average Bonchev–Trinajstić information content (AvgIpc) is 3.11. The van der Waals surface area contributed by atoms with Gasteiger partial charge in [0.15, 0.2) is 0 Å². The van der Waals surface area contributed by atoms with E-state index in [1.807, 2.05) is 0 Å². The Morgan fingerprint density at radius 3 is 2.28 bits per heavy atom. The zero-order chi connectivity index (χ0) is 18.2. The molecule has 2 amide bonds. The smallest absolute Gasteiger partial charge is 0.226 e. The van der Waals surface area contributed by atoms with Crippen molar-refractivity contribution in [3.8, 4) is 0 Å². The van der Waals surface area contributed by atoms with Crippen LogP contribution in [0.3, 0.4) is 0 Å². The number of hydrogen-bond acceptors (Lipinski definition) is 2. The Kier molecular flexibility index (Phi) is 5.18. The zero-order valence-electron chi connectivity index (χ0n) is 16.5. The third kappa shape index (κ3) is 3.73. The molecule has 0 saturated heterocycles. The van der Waals surface area contributed by atoms with Crippen molar-refractivity contribution in [3.05, 3.63) is 0 Å². The summed E-state index contributed by atoms with van der Waals surface area (Å²) in [6, 6.07) is 0.0186. The molecular formula is C21H36N2O2. The molecule has 0 aromatic heterocycles. The van der Waals surface area contributed by atoms with Gasteiger partial charge >= 0.3 is 0 Å². The Balaban J connectivity index is 1.53. The van der Waals surface area contributed by atoms with Gasteiger partial charge in [0, 0.05) is 23.9 Å². The molecule has 25 heavy (non-hydrogen) atoms. The molecule has 142 valence electrons. The van der Waals surface area contributed by atoms with Crippen LogP contribution in [0.1, 0.15) is 79.1 Å².